The smallest absolute Gasteiger partial charge is 0.412 e. The van der Waals surface area contributed by atoms with Gasteiger partial charge in [0.15, 0.2) is 13.2 Å². The number of ether oxygens (including phenoxy) is 3. The number of carbonyl (C=O) groups is 3. The third kappa shape index (κ3) is 13.4. The van der Waals surface area contributed by atoms with Gasteiger partial charge in [-0.3, -0.25) is 18.4 Å². The molecule has 16 heteroatoms. The summed E-state index contributed by atoms with van der Waals surface area (Å²) in [5.41, 5.74) is 0.457. The lowest BCUT2D eigenvalue weighted by molar-refractivity contribution is -0.165. The lowest BCUT2D eigenvalue weighted by Crippen LogP contribution is -2.22. The molecule has 0 fully saturated rings. The molecule has 0 aliphatic rings. The maximum atomic E-state index is 12.8. The zero-order valence-corrected chi connectivity index (χ0v) is 22.7. The van der Waals surface area contributed by atoms with Gasteiger partial charge < -0.3 is 19.0 Å². The number of aldehydes is 1. The van der Waals surface area contributed by atoms with Crippen LogP contribution in [-0.4, -0.2) is 70.1 Å². The molecule has 0 aliphatic carbocycles. The standard InChI is InChI=1S/C24H29F6O9P/c1-16(9-10-31)39-22(33)21-17(11-19(35-2)12-20(21)36-3)7-5-4-6-8-18(32)13-40(34,37-14-23(25,26)27)38-15-24(28,29)30/h4-5,10-12,16H,6-9,13-15H2,1-3H3/b5-4+/t16-/m0/s1. The Bertz CT molecular complexity index is 1060. The topological polar surface area (TPSA) is 114 Å². The average Bonchev–Trinajstić information content (AvgIpc) is 2.84. The summed E-state index contributed by atoms with van der Waals surface area (Å²) in [5, 5.41) is 0. The number of methoxy groups -OCH3 is 2. The first-order valence-electron chi connectivity index (χ1n) is 11.6. The molecule has 0 aliphatic heterocycles. The van der Waals surface area contributed by atoms with Crippen molar-refractivity contribution >= 4 is 25.6 Å². The molecule has 0 spiro atoms. The third-order valence-electron chi connectivity index (χ3n) is 4.87. The Morgan fingerprint density at radius 3 is 2.08 bits per heavy atom. The molecular formula is C24H29F6O9P. The van der Waals surface area contributed by atoms with Crippen LogP contribution in [0, 0.1) is 0 Å². The molecule has 226 valence electrons. The van der Waals surface area contributed by atoms with E-state index in [0.29, 0.717) is 17.6 Å². The van der Waals surface area contributed by atoms with E-state index in [1.165, 1.54) is 45.4 Å². The van der Waals surface area contributed by atoms with Gasteiger partial charge in [-0.25, -0.2) is 4.79 Å². The normalized spacial score (nSPS) is 13.2. The van der Waals surface area contributed by atoms with Crippen molar-refractivity contribution < 1.29 is 68.5 Å². The summed E-state index contributed by atoms with van der Waals surface area (Å²) in [6, 6.07) is 2.98. The predicted octanol–water partition coefficient (Wildman–Crippen LogP) is 5.64. The second-order valence-electron chi connectivity index (χ2n) is 8.28. The maximum Gasteiger partial charge on any atom is 0.412 e. The van der Waals surface area contributed by atoms with Crippen LogP contribution in [0.4, 0.5) is 26.3 Å². The van der Waals surface area contributed by atoms with Gasteiger partial charge >= 0.3 is 25.9 Å². The van der Waals surface area contributed by atoms with Gasteiger partial charge in [0.2, 0.25) is 0 Å². The Hall–Kier alpha value is -2.90. The van der Waals surface area contributed by atoms with Crippen molar-refractivity contribution in [2.45, 2.75) is 51.1 Å². The van der Waals surface area contributed by atoms with E-state index in [4.69, 9.17) is 14.2 Å². The van der Waals surface area contributed by atoms with Crippen molar-refractivity contribution in [3.63, 3.8) is 0 Å². The monoisotopic (exact) mass is 606 g/mol. The van der Waals surface area contributed by atoms with Crippen LogP contribution < -0.4 is 9.47 Å². The molecule has 0 aromatic heterocycles. The van der Waals surface area contributed by atoms with Crippen LogP contribution in [0.25, 0.3) is 0 Å². The number of hydrogen-bond acceptors (Lipinski definition) is 9. The van der Waals surface area contributed by atoms with E-state index in [2.05, 4.69) is 9.05 Å². The number of hydrogen-bond donors (Lipinski definition) is 0. The van der Waals surface area contributed by atoms with Gasteiger partial charge in [0.05, 0.1) is 14.2 Å². The summed E-state index contributed by atoms with van der Waals surface area (Å²) in [7, 11) is -2.33. The van der Waals surface area contributed by atoms with Gasteiger partial charge in [-0.05, 0) is 31.4 Å². The fourth-order valence-corrected chi connectivity index (χ4v) is 4.61. The highest BCUT2D eigenvalue weighted by Crippen LogP contribution is 2.50. The fourth-order valence-electron chi connectivity index (χ4n) is 3.08. The van der Waals surface area contributed by atoms with Gasteiger partial charge in [-0.15, -0.1) is 0 Å². The second kappa shape index (κ2) is 15.8. The van der Waals surface area contributed by atoms with E-state index in [1.807, 2.05) is 0 Å². The molecule has 0 radical (unpaired) electrons. The molecular weight excluding hydrogens is 577 g/mol. The van der Waals surface area contributed by atoms with Crippen molar-refractivity contribution in [3.05, 3.63) is 35.4 Å². The number of benzene rings is 1. The highest BCUT2D eigenvalue weighted by Gasteiger charge is 2.39. The van der Waals surface area contributed by atoms with E-state index in [0.717, 1.165) is 0 Å². The van der Waals surface area contributed by atoms with E-state index in [9.17, 15) is 45.3 Å². The number of esters is 1. The molecule has 0 bridgehead atoms. The first-order valence-corrected chi connectivity index (χ1v) is 13.3. The van der Waals surface area contributed by atoms with Crippen LogP contribution in [0.2, 0.25) is 0 Å². The van der Waals surface area contributed by atoms with Crippen LogP contribution in [0.3, 0.4) is 0 Å². The highest BCUT2D eigenvalue weighted by molar-refractivity contribution is 7.54. The van der Waals surface area contributed by atoms with Gasteiger partial charge in [-0.2, -0.15) is 26.3 Å². The lowest BCUT2D eigenvalue weighted by Gasteiger charge is -2.19. The van der Waals surface area contributed by atoms with Crippen molar-refractivity contribution in [3.8, 4) is 11.5 Å². The first-order chi connectivity index (χ1) is 18.5. The Labute approximate surface area is 226 Å². The average molecular weight is 606 g/mol. The Balaban J connectivity index is 2.92. The number of Topliss-reactive ketones (excluding diaryl/α,β-unsaturated/α-hetero) is 1. The molecule has 1 rings (SSSR count). The summed E-state index contributed by atoms with van der Waals surface area (Å²) in [5.74, 6) is -1.23. The molecule has 0 unspecified atom stereocenters. The molecule has 0 saturated heterocycles. The number of alkyl halides is 6. The van der Waals surface area contributed by atoms with Crippen LogP contribution >= 0.6 is 7.60 Å². The number of carbonyl (C=O) groups excluding carboxylic acids is 3. The summed E-state index contributed by atoms with van der Waals surface area (Å²) in [6.45, 7) is -2.78. The van der Waals surface area contributed by atoms with Crippen molar-refractivity contribution in [2.75, 3.05) is 33.6 Å². The Kier molecular flexibility index (Phi) is 13.9. The minimum atomic E-state index is -5.04. The molecule has 0 amide bonds. The summed E-state index contributed by atoms with van der Waals surface area (Å²) >= 11 is 0. The van der Waals surface area contributed by atoms with Crippen LogP contribution in [0.15, 0.2) is 24.3 Å². The minimum Gasteiger partial charge on any atom is -0.497 e. The molecule has 1 aromatic carbocycles. The second-order valence-corrected chi connectivity index (χ2v) is 10.3. The number of halogens is 6. The fraction of sp³-hybridized carbons (Fsp3) is 0.542. The van der Waals surface area contributed by atoms with Gasteiger partial charge in [0, 0.05) is 18.9 Å². The highest BCUT2D eigenvalue weighted by atomic mass is 31.2. The molecule has 0 heterocycles. The molecule has 0 saturated carbocycles. The van der Waals surface area contributed by atoms with Crippen LogP contribution in [-0.2, 0) is 34.4 Å². The summed E-state index contributed by atoms with van der Waals surface area (Å²) in [6.07, 6.45) is -8.78. The zero-order chi connectivity index (χ0) is 30.6. The predicted molar refractivity (Wildman–Crippen MR) is 129 cm³/mol. The van der Waals surface area contributed by atoms with Gasteiger partial charge in [0.25, 0.3) is 0 Å². The third-order valence-corrected chi connectivity index (χ3v) is 6.65. The Morgan fingerprint density at radius 2 is 1.57 bits per heavy atom. The Morgan fingerprint density at radius 1 is 0.975 bits per heavy atom. The van der Waals surface area contributed by atoms with Crippen molar-refractivity contribution in [1.82, 2.24) is 0 Å². The van der Waals surface area contributed by atoms with E-state index in [1.54, 1.807) is 0 Å². The lowest BCUT2D eigenvalue weighted by atomic mass is 10.0. The molecule has 9 nitrogen and oxygen atoms in total. The van der Waals surface area contributed by atoms with Gasteiger partial charge in [-0.1, -0.05) is 12.2 Å². The minimum absolute atomic E-state index is 0.0249. The van der Waals surface area contributed by atoms with Gasteiger partial charge in [0.1, 0.15) is 41.4 Å². The van der Waals surface area contributed by atoms with Crippen molar-refractivity contribution in [1.29, 1.82) is 0 Å². The van der Waals surface area contributed by atoms with E-state index >= 15 is 0 Å². The maximum absolute atomic E-state index is 12.8. The van der Waals surface area contributed by atoms with Crippen molar-refractivity contribution in [2.24, 2.45) is 0 Å². The number of allylic oxidation sites excluding steroid dienone is 2. The number of rotatable bonds is 17. The first kappa shape index (κ1) is 35.1. The van der Waals surface area contributed by atoms with Crippen LogP contribution in [0.5, 0.6) is 11.5 Å². The molecule has 1 aromatic rings. The largest absolute Gasteiger partial charge is 0.497 e. The summed E-state index contributed by atoms with van der Waals surface area (Å²) < 4.78 is 111. The summed E-state index contributed by atoms with van der Waals surface area (Å²) in [4.78, 5) is 35.6. The SMILES string of the molecule is COc1cc(C/C=C/CCC(=O)CP(=O)(OCC(F)(F)F)OCC(F)(F)F)c(C(=O)O[C@@H](C)CC=O)c(OC)c1. The van der Waals surface area contributed by atoms with E-state index < -0.39 is 63.6 Å². The van der Waals surface area contributed by atoms with E-state index in [-0.39, 0.29) is 30.6 Å². The quantitative estimate of drug-likeness (QED) is 0.0731. The zero-order valence-electron chi connectivity index (χ0n) is 21.8. The number of ketones is 1. The molecule has 0 N–H and O–H groups in total. The molecule has 40 heavy (non-hydrogen) atoms. The molecule has 1 atom stereocenters. The van der Waals surface area contributed by atoms with Crippen LogP contribution in [0.1, 0.15) is 42.1 Å².